The number of rotatable bonds is 7. The fourth-order valence-electron chi connectivity index (χ4n) is 6.75. The molecule has 7 nitrogen and oxygen atoms in total. The minimum absolute atomic E-state index is 0.0157. The third-order valence-electron chi connectivity index (χ3n) is 9.07. The molecular formula is C29H44N4O3. The van der Waals surface area contributed by atoms with Crippen LogP contribution in [0.2, 0.25) is 0 Å². The normalized spacial score (nSPS) is 24.6. The average molecular weight is 497 g/mol. The Kier molecular flexibility index (Phi) is 7.75. The van der Waals surface area contributed by atoms with Crippen molar-refractivity contribution in [1.29, 1.82) is 0 Å². The molecule has 36 heavy (non-hydrogen) atoms. The molecule has 0 saturated heterocycles. The molecule has 0 aromatic carbocycles. The third-order valence-corrected chi connectivity index (χ3v) is 9.07. The molecule has 0 radical (unpaired) electrons. The minimum atomic E-state index is -0.931. The van der Waals surface area contributed by atoms with Crippen LogP contribution in [0.15, 0.2) is 22.8 Å². The van der Waals surface area contributed by atoms with E-state index >= 15 is 0 Å². The number of furan rings is 1. The van der Waals surface area contributed by atoms with Crippen molar-refractivity contribution in [2.45, 2.75) is 115 Å². The van der Waals surface area contributed by atoms with Gasteiger partial charge in [-0.15, -0.1) is 0 Å². The Balaban J connectivity index is 1.34. The van der Waals surface area contributed by atoms with E-state index in [-0.39, 0.29) is 17.9 Å². The quantitative estimate of drug-likeness (QED) is 0.562. The van der Waals surface area contributed by atoms with Crippen molar-refractivity contribution in [2.24, 2.45) is 0 Å². The Hall–Kier alpha value is -2.28. The summed E-state index contributed by atoms with van der Waals surface area (Å²) in [6, 6.07) is 4.58. The van der Waals surface area contributed by atoms with Crippen molar-refractivity contribution in [1.82, 2.24) is 19.7 Å². The van der Waals surface area contributed by atoms with Crippen molar-refractivity contribution in [3.63, 3.8) is 0 Å². The molecule has 2 saturated carbocycles. The lowest BCUT2D eigenvalue weighted by molar-refractivity contribution is -0.133. The molecule has 2 aromatic heterocycles. The number of nitrogens with one attached hydrogen (secondary N) is 1. The van der Waals surface area contributed by atoms with Gasteiger partial charge in [-0.3, -0.25) is 9.59 Å². The van der Waals surface area contributed by atoms with E-state index in [4.69, 9.17) is 4.42 Å². The minimum Gasteiger partial charge on any atom is -0.463 e. The largest absolute Gasteiger partial charge is 0.463 e. The molecule has 7 heteroatoms. The van der Waals surface area contributed by atoms with Crippen LogP contribution in [0.1, 0.15) is 101 Å². The van der Waals surface area contributed by atoms with Crippen LogP contribution in [0.4, 0.5) is 0 Å². The molecule has 3 heterocycles. The summed E-state index contributed by atoms with van der Waals surface area (Å²) in [6.45, 7) is 3.94. The van der Waals surface area contributed by atoms with Crippen LogP contribution < -0.4 is 5.32 Å². The highest BCUT2D eigenvalue weighted by atomic mass is 16.3. The molecule has 0 unspecified atom stereocenters. The molecule has 2 aromatic rings. The van der Waals surface area contributed by atoms with Gasteiger partial charge in [0.05, 0.1) is 18.3 Å². The summed E-state index contributed by atoms with van der Waals surface area (Å²) in [5.41, 5.74) is 1.29. The lowest BCUT2D eigenvalue weighted by Crippen LogP contribution is -2.65. The average Bonchev–Trinajstić information content (AvgIpc) is 3.45. The second kappa shape index (κ2) is 11.0. The Labute approximate surface area is 215 Å². The number of carbonyl (C=O) groups excluding carboxylic acids is 2. The van der Waals surface area contributed by atoms with Crippen LogP contribution in [0.25, 0.3) is 11.1 Å². The van der Waals surface area contributed by atoms with E-state index in [9.17, 15) is 9.59 Å². The van der Waals surface area contributed by atoms with Crippen molar-refractivity contribution in [3.8, 4) is 0 Å². The van der Waals surface area contributed by atoms with Gasteiger partial charge in [-0.05, 0) is 52.6 Å². The predicted octanol–water partition coefficient (Wildman–Crippen LogP) is 5.33. The Morgan fingerprint density at radius 1 is 1.08 bits per heavy atom. The molecule has 2 amide bonds. The Bertz CT molecular complexity index is 1040. The SMILES string of the molecule is CN(CCCN1C(=O)c2cc3occc3n2C[C@]1(C)C(=O)NC1CCCCCCC1)C1CCCCC1. The molecule has 1 N–H and O–H groups in total. The summed E-state index contributed by atoms with van der Waals surface area (Å²) in [7, 11) is 2.22. The van der Waals surface area contributed by atoms with Crippen molar-refractivity contribution in [2.75, 3.05) is 20.1 Å². The van der Waals surface area contributed by atoms with Crippen molar-refractivity contribution >= 4 is 22.9 Å². The second-order valence-electron chi connectivity index (χ2n) is 11.7. The first-order chi connectivity index (χ1) is 17.5. The number of fused-ring (bicyclic) bond motifs is 3. The number of aromatic nitrogens is 1. The highest BCUT2D eigenvalue weighted by molar-refractivity contribution is 6.02. The van der Waals surface area contributed by atoms with E-state index in [0.717, 1.165) is 44.2 Å². The molecule has 0 spiro atoms. The fraction of sp³-hybridized carbons (Fsp3) is 0.724. The van der Waals surface area contributed by atoms with Crippen molar-refractivity contribution in [3.05, 3.63) is 24.1 Å². The Morgan fingerprint density at radius 3 is 2.50 bits per heavy atom. The predicted molar refractivity (Wildman–Crippen MR) is 142 cm³/mol. The number of amides is 2. The van der Waals surface area contributed by atoms with E-state index in [1.807, 2.05) is 28.5 Å². The fourth-order valence-corrected chi connectivity index (χ4v) is 6.75. The zero-order valence-electron chi connectivity index (χ0n) is 22.3. The first-order valence-corrected chi connectivity index (χ1v) is 14.4. The molecule has 1 atom stereocenters. The first kappa shape index (κ1) is 25.4. The van der Waals surface area contributed by atoms with Crippen LogP contribution in [0.5, 0.6) is 0 Å². The molecule has 5 rings (SSSR count). The first-order valence-electron chi connectivity index (χ1n) is 14.4. The zero-order valence-corrected chi connectivity index (χ0v) is 22.3. The van der Waals surface area contributed by atoms with Gasteiger partial charge < -0.3 is 24.1 Å². The summed E-state index contributed by atoms with van der Waals surface area (Å²) in [4.78, 5) is 32.1. The standard InChI is InChI=1S/C29H44N4O3/c1-29(28(35)30-22-12-7-4-3-5-8-13-22)21-32-24-16-19-36-26(24)20-25(32)27(34)33(29)18-11-17-31(2)23-14-9-6-10-15-23/h16,19-20,22-23H,3-15,17-18,21H2,1-2H3,(H,30,35)/t29-/m1/s1. The maximum atomic E-state index is 13.9. The van der Waals surface area contributed by atoms with E-state index in [1.54, 1.807) is 6.26 Å². The van der Waals surface area contributed by atoms with Gasteiger partial charge in [0.25, 0.3) is 5.91 Å². The van der Waals surface area contributed by atoms with E-state index < -0.39 is 5.54 Å². The van der Waals surface area contributed by atoms with Crippen molar-refractivity contribution < 1.29 is 14.0 Å². The van der Waals surface area contributed by atoms with Gasteiger partial charge >= 0.3 is 0 Å². The summed E-state index contributed by atoms with van der Waals surface area (Å²) in [5.74, 6) is -0.0821. The van der Waals surface area contributed by atoms with Gasteiger partial charge in [0.15, 0.2) is 5.58 Å². The van der Waals surface area contributed by atoms with Gasteiger partial charge in [0.2, 0.25) is 5.91 Å². The smallest absolute Gasteiger partial charge is 0.271 e. The molecule has 0 bridgehead atoms. The van der Waals surface area contributed by atoms with Crippen LogP contribution in [-0.2, 0) is 11.3 Å². The van der Waals surface area contributed by atoms with Crippen LogP contribution in [-0.4, -0.2) is 63.9 Å². The monoisotopic (exact) mass is 496 g/mol. The molecule has 3 aliphatic rings. The van der Waals surface area contributed by atoms with Crippen LogP contribution in [0, 0.1) is 0 Å². The topological polar surface area (TPSA) is 70.7 Å². The van der Waals surface area contributed by atoms with E-state index in [2.05, 4.69) is 17.3 Å². The van der Waals surface area contributed by atoms with Gasteiger partial charge in [0.1, 0.15) is 11.2 Å². The third kappa shape index (κ3) is 5.09. The maximum Gasteiger partial charge on any atom is 0.271 e. The summed E-state index contributed by atoms with van der Waals surface area (Å²) in [6.07, 6.45) is 17.2. The lowest BCUT2D eigenvalue weighted by Gasteiger charge is -2.45. The summed E-state index contributed by atoms with van der Waals surface area (Å²) < 4.78 is 7.60. The highest BCUT2D eigenvalue weighted by Crippen LogP contribution is 2.33. The Morgan fingerprint density at radius 2 is 1.75 bits per heavy atom. The summed E-state index contributed by atoms with van der Waals surface area (Å²) in [5, 5.41) is 3.38. The zero-order chi connectivity index (χ0) is 25.1. The lowest BCUT2D eigenvalue weighted by atomic mass is 9.91. The number of hydrogen-bond acceptors (Lipinski definition) is 4. The van der Waals surface area contributed by atoms with Gasteiger partial charge in [-0.2, -0.15) is 0 Å². The highest BCUT2D eigenvalue weighted by Gasteiger charge is 2.48. The van der Waals surface area contributed by atoms with Crippen LogP contribution in [0.3, 0.4) is 0 Å². The number of nitrogens with zero attached hydrogens (tertiary/aromatic N) is 3. The molecule has 198 valence electrons. The van der Waals surface area contributed by atoms with Crippen LogP contribution >= 0.6 is 0 Å². The van der Waals surface area contributed by atoms with E-state index in [0.29, 0.717) is 30.4 Å². The summed E-state index contributed by atoms with van der Waals surface area (Å²) >= 11 is 0. The molecule has 2 fully saturated rings. The van der Waals surface area contributed by atoms with Gasteiger partial charge in [-0.1, -0.05) is 51.4 Å². The maximum absolute atomic E-state index is 13.9. The molecule has 2 aliphatic carbocycles. The second-order valence-corrected chi connectivity index (χ2v) is 11.7. The molecule has 1 aliphatic heterocycles. The number of hydrogen-bond donors (Lipinski definition) is 1. The number of carbonyl (C=O) groups is 2. The van der Waals surface area contributed by atoms with Gasteiger partial charge in [0, 0.05) is 30.8 Å². The molecular weight excluding hydrogens is 452 g/mol. The van der Waals surface area contributed by atoms with Gasteiger partial charge in [-0.25, -0.2) is 0 Å². The van der Waals surface area contributed by atoms with E-state index in [1.165, 1.54) is 51.4 Å².